The van der Waals surface area contributed by atoms with E-state index in [9.17, 15) is 4.79 Å². The fraction of sp³-hybridized carbons (Fsp3) is 0.500. The van der Waals surface area contributed by atoms with E-state index in [0.717, 1.165) is 17.6 Å². The van der Waals surface area contributed by atoms with Gasteiger partial charge in [-0.3, -0.25) is 9.69 Å². The lowest BCUT2D eigenvalue weighted by atomic mass is 10.2. The smallest absolute Gasteiger partial charge is 0.238 e. The van der Waals surface area contributed by atoms with Gasteiger partial charge >= 0.3 is 0 Å². The SMILES string of the molecule is C[C@@H]1CN(CC(=O)Nc2ccc(Br)cc2Cl)C[C@H](C)O1. The molecule has 1 amide bonds. The van der Waals surface area contributed by atoms with Crippen molar-refractivity contribution in [1.29, 1.82) is 0 Å². The van der Waals surface area contributed by atoms with E-state index in [1.54, 1.807) is 12.1 Å². The zero-order valence-electron chi connectivity index (χ0n) is 11.5. The van der Waals surface area contributed by atoms with Crippen molar-refractivity contribution in [3.8, 4) is 0 Å². The Balaban J connectivity index is 1.92. The van der Waals surface area contributed by atoms with Crippen LogP contribution in [0.2, 0.25) is 5.02 Å². The minimum absolute atomic E-state index is 0.0597. The Bertz CT molecular complexity index is 488. The van der Waals surface area contributed by atoms with Crippen LogP contribution in [0.4, 0.5) is 5.69 Å². The van der Waals surface area contributed by atoms with Gasteiger partial charge in [0, 0.05) is 17.6 Å². The minimum atomic E-state index is -0.0597. The van der Waals surface area contributed by atoms with Crippen molar-refractivity contribution in [3.63, 3.8) is 0 Å². The molecular formula is C14H18BrClN2O2. The highest BCUT2D eigenvalue weighted by molar-refractivity contribution is 9.10. The molecule has 1 saturated heterocycles. The lowest BCUT2D eigenvalue weighted by molar-refractivity contribution is -0.121. The van der Waals surface area contributed by atoms with E-state index in [1.807, 2.05) is 19.9 Å². The molecule has 4 nitrogen and oxygen atoms in total. The van der Waals surface area contributed by atoms with Crippen LogP contribution in [0, 0.1) is 0 Å². The largest absolute Gasteiger partial charge is 0.373 e. The molecule has 0 bridgehead atoms. The molecule has 1 fully saturated rings. The summed E-state index contributed by atoms with van der Waals surface area (Å²) in [6.45, 7) is 5.93. The molecule has 0 spiro atoms. The number of amides is 1. The molecule has 0 saturated carbocycles. The van der Waals surface area contributed by atoms with Crippen LogP contribution < -0.4 is 5.32 Å². The first kappa shape index (κ1) is 15.8. The predicted octanol–water partition coefficient (Wildman–Crippen LogP) is 3.15. The number of hydrogen-bond donors (Lipinski definition) is 1. The lowest BCUT2D eigenvalue weighted by Crippen LogP contribution is -2.48. The van der Waals surface area contributed by atoms with Gasteiger partial charge < -0.3 is 10.1 Å². The molecule has 2 atom stereocenters. The minimum Gasteiger partial charge on any atom is -0.373 e. The third-order valence-electron chi connectivity index (χ3n) is 3.07. The molecule has 1 N–H and O–H groups in total. The van der Waals surface area contributed by atoms with Crippen LogP contribution in [0.25, 0.3) is 0 Å². The number of anilines is 1. The van der Waals surface area contributed by atoms with Crippen LogP contribution in [0.5, 0.6) is 0 Å². The molecule has 1 aromatic rings. The Labute approximate surface area is 132 Å². The zero-order valence-corrected chi connectivity index (χ0v) is 13.9. The summed E-state index contributed by atoms with van der Waals surface area (Å²) >= 11 is 9.42. The number of nitrogens with one attached hydrogen (secondary N) is 1. The molecule has 1 heterocycles. The Morgan fingerprint density at radius 1 is 1.45 bits per heavy atom. The quantitative estimate of drug-likeness (QED) is 0.899. The van der Waals surface area contributed by atoms with E-state index in [-0.39, 0.29) is 18.1 Å². The number of hydrogen-bond acceptors (Lipinski definition) is 3. The first-order valence-electron chi connectivity index (χ1n) is 6.56. The van der Waals surface area contributed by atoms with Gasteiger partial charge in [0.15, 0.2) is 0 Å². The average Bonchev–Trinajstić information content (AvgIpc) is 2.31. The van der Waals surface area contributed by atoms with Crippen molar-refractivity contribution in [1.82, 2.24) is 4.90 Å². The van der Waals surface area contributed by atoms with Gasteiger partial charge in [0.25, 0.3) is 0 Å². The van der Waals surface area contributed by atoms with Gasteiger partial charge in [-0.25, -0.2) is 0 Å². The first-order valence-corrected chi connectivity index (χ1v) is 7.74. The van der Waals surface area contributed by atoms with Gasteiger partial charge in [-0.05, 0) is 32.0 Å². The van der Waals surface area contributed by atoms with E-state index in [2.05, 4.69) is 26.1 Å². The number of carbonyl (C=O) groups is 1. The summed E-state index contributed by atoms with van der Waals surface area (Å²) in [4.78, 5) is 14.2. The van der Waals surface area contributed by atoms with Crippen LogP contribution in [0.1, 0.15) is 13.8 Å². The molecular weight excluding hydrogens is 344 g/mol. The maximum atomic E-state index is 12.1. The monoisotopic (exact) mass is 360 g/mol. The van der Waals surface area contributed by atoms with Crippen molar-refractivity contribution in [3.05, 3.63) is 27.7 Å². The highest BCUT2D eigenvalue weighted by atomic mass is 79.9. The van der Waals surface area contributed by atoms with Gasteiger partial charge in [-0.1, -0.05) is 27.5 Å². The topological polar surface area (TPSA) is 41.6 Å². The van der Waals surface area contributed by atoms with E-state index in [1.165, 1.54) is 0 Å². The molecule has 1 aliphatic rings. The number of benzene rings is 1. The number of nitrogens with zero attached hydrogens (tertiary/aromatic N) is 1. The van der Waals surface area contributed by atoms with Crippen LogP contribution >= 0.6 is 27.5 Å². The van der Waals surface area contributed by atoms with Crippen molar-refractivity contribution >= 4 is 39.1 Å². The van der Waals surface area contributed by atoms with Gasteiger partial charge in [-0.2, -0.15) is 0 Å². The van der Waals surface area contributed by atoms with E-state index in [4.69, 9.17) is 16.3 Å². The fourth-order valence-corrected chi connectivity index (χ4v) is 3.12. The van der Waals surface area contributed by atoms with Crippen molar-refractivity contribution in [2.45, 2.75) is 26.1 Å². The molecule has 0 aromatic heterocycles. The number of carbonyl (C=O) groups excluding carboxylic acids is 1. The van der Waals surface area contributed by atoms with Gasteiger partial charge in [0.05, 0.1) is 29.5 Å². The Morgan fingerprint density at radius 3 is 2.70 bits per heavy atom. The summed E-state index contributed by atoms with van der Waals surface area (Å²) in [7, 11) is 0. The van der Waals surface area contributed by atoms with Crippen LogP contribution in [-0.2, 0) is 9.53 Å². The molecule has 110 valence electrons. The molecule has 0 aliphatic carbocycles. The standard InChI is InChI=1S/C14H18BrClN2O2/c1-9-6-18(7-10(2)20-9)8-14(19)17-13-4-3-11(15)5-12(13)16/h3-5,9-10H,6-8H2,1-2H3,(H,17,19)/t9-,10+. The number of ether oxygens (including phenoxy) is 1. The highest BCUT2D eigenvalue weighted by Crippen LogP contribution is 2.25. The van der Waals surface area contributed by atoms with E-state index >= 15 is 0 Å². The predicted molar refractivity (Wildman–Crippen MR) is 84.2 cm³/mol. The van der Waals surface area contributed by atoms with Gasteiger partial charge in [-0.15, -0.1) is 0 Å². The summed E-state index contributed by atoms with van der Waals surface area (Å²) in [5.41, 5.74) is 0.634. The molecule has 1 aliphatic heterocycles. The average molecular weight is 362 g/mol. The van der Waals surface area contributed by atoms with Crippen LogP contribution in [0.3, 0.4) is 0 Å². The van der Waals surface area contributed by atoms with Gasteiger partial charge in [0.1, 0.15) is 0 Å². The van der Waals surface area contributed by atoms with Crippen LogP contribution in [-0.4, -0.2) is 42.6 Å². The molecule has 20 heavy (non-hydrogen) atoms. The van der Waals surface area contributed by atoms with E-state index in [0.29, 0.717) is 17.3 Å². The van der Waals surface area contributed by atoms with Crippen molar-refractivity contribution in [2.24, 2.45) is 0 Å². The second-order valence-electron chi connectivity index (χ2n) is 5.12. The lowest BCUT2D eigenvalue weighted by Gasteiger charge is -2.34. The van der Waals surface area contributed by atoms with Crippen LogP contribution in [0.15, 0.2) is 22.7 Å². The van der Waals surface area contributed by atoms with Gasteiger partial charge in [0.2, 0.25) is 5.91 Å². The molecule has 0 unspecified atom stereocenters. The third kappa shape index (κ3) is 4.45. The summed E-state index contributed by atoms with van der Waals surface area (Å²) in [5, 5.41) is 3.36. The summed E-state index contributed by atoms with van der Waals surface area (Å²) < 4.78 is 6.53. The molecule has 2 rings (SSSR count). The fourth-order valence-electron chi connectivity index (χ4n) is 2.40. The Morgan fingerprint density at radius 2 is 2.10 bits per heavy atom. The van der Waals surface area contributed by atoms with E-state index < -0.39 is 0 Å². The normalized spacial score (nSPS) is 23.6. The Hall–Kier alpha value is -0.620. The second-order valence-corrected chi connectivity index (χ2v) is 6.45. The molecule has 6 heteroatoms. The highest BCUT2D eigenvalue weighted by Gasteiger charge is 2.23. The maximum absolute atomic E-state index is 12.1. The first-order chi connectivity index (χ1) is 9.44. The summed E-state index contributed by atoms with van der Waals surface area (Å²) in [6.07, 6.45) is 0.311. The summed E-state index contributed by atoms with van der Waals surface area (Å²) in [6, 6.07) is 5.39. The van der Waals surface area contributed by atoms with Crippen molar-refractivity contribution < 1.29 is 9.53 Å². The second kappa shape index (κ2) is 6.89. The number of morpholine rings is 1. The molecule has 0 radical (unpaired) electrons. The van der Waals surface area contributed by atoms with Crippen molar-refractivity contribution in [2.75, 3.05) is 25.0 Å². The maximum Gasteiger partial charge on any atom is 0.238 e. The third-order valence-corrected chi connectivity index (χ3v) is 3.87. The number of rotatable bonds is 3. The zero-order chi connectivity index (χ0) is 14.7. The number of halogens is 2. The summed E-state index contributed by atoms with van der Waals surface area (Å²) in [5.74, 6) is -0.0597. The Kier molecular flexibility index (Phi) is 5.43. The molecule has 1 aromatic carbocycles.